The number of aryl methyl sites for hydroxylation is 1. The maximum Gasteiger partial charge on any atom is 0.141 e. The average Bonchev–Trinajstić information content (AvgIpc) is 2.30. The lowest BCUT2D eigenvalue weighted by Gasteiger charge is -2.00. The zero-order valence-electron chi connectivity index (χ0n) is 9.78. The molecule has 0 fully saturated rings. The van der Waals surface area contributed by atoms with Gasteiger partial charge in [0.1, 0.15) is 11.5 Å². The lowest BCUT2D eigenvalue weighted by molar-refractivity contribution is 1.24. The van der Waals surface area contributed by atoms with Crippen molar-refractivity contribution >= 4 is 16.7 Å². The normalized spacial score (nSPS) is 9.44. The molecule has 2 aromatic rings. The maximum absolute atomic E-state index is 7.26. The Morgan fingerprint density at radius 3 is 2.50 bits per heavy atom. The highest BCUT2D eigenvalue weighted by Gasteiger charge is 2.01. The second kappa shape index (κ2) is 5.21. The Morgan fingerprint density at radius 1 is 1.19 bits per heavy atom. The van der Waals surface area contributed by atoms with Crippen LogP contribution in [0.15, 0.2) is 24.5 Å². The second-order valence-corrected chi connectivity index (χ2v) is 3.19. The summed E-state index contributed by atoms with van der Waals surface area (Å²) in [4.78, 5) is 8.23. The molecule has 4 heteroatoms. The van der Waals surface area contributed by atoms with E-state index >= 15 is 0 Å². The first kappa shape index (κ1) is 12.1. The van der Waals surface area contributed by atoms with E-state index in [1.165, 1.54) is 0 Å². The van der Waals surface area contributed by atoms with Crippen LogP contribution in [0, 0.1) is 12.3 Å². The van der Waals surface area contributed by atoms with Gasteiger partial charge in [-0.25, -0.2) is 0 Å². The lowest BCUT2D eigenvalue weighted by atomic mass is 10.2. The Balaban J connectivity index is 0.000000606. The van der Waals surface area contributed by atoms with Crippen molar-refractivity contribution in [2.24, 2.45) is 5.73 Å². The van der Waals surface area contributed by atoms with E-state index in [4.69, 9.17) is 11.1 Å². The van der Waals surface area contributed by atoms with Gasteiger partial charge in [-0.15, -0.1) is 0 Å². The van der Waals surface area contributed by atoms with Crippen LogP contribution in [0.1, 0.15) is 25.1 Å². The Morgan fingerprint density at radius 2 is 1.88 bits per heavy atom. The van der Waals surface area contributed by atoms with E-state index < -0.39 is 0 Å². The monoisotopic (exact) mass is 216 g/mol. The molecule has 0 atom stereocenters. The molecule has 2 rings (SSSR count). The summed E-state index contributed by atoms with van der Waals surface area (Å²) in [7, 11) is 0. The summed E-state index contributed by atoms with van der Waals surface area (Å²) >= 11 is 0. The van der Waals surface area contributed by atoms with Gasteiger partial charge in [0.2, 0.25) is 0 Å². The predicted octanol–water partition coefficient (Wildman–Crippen LogP) is 2.25. The summed E-state index contributed by atoms with van der Waals surface area (Å²) in [6, 6.07) is 3.77. The van der Waals surface area contributed by atoms with Gasteiger partial charge >= 0.3 is 0 Å². The highest BCUT2D eigenvalue weighted by molar-refractivity contribution is 5.96. The summed E-state index contributed by atoms with van der Waals surface area (Å²) in [5, 5.41) is 8.22. The Kier molecular flexibility index (Phi) is 3.94. The number of pyridine rings is 2. The molecule has 0 radical (unpaired) electrons. The van der Waals surface area contributed by atoms with E-state index in [0.717, 1.165) is 16.5 Å². The number of nitrogen functional groups attached to an aromatic ring is 1. The lowest BCUT2D eigenvalue weighted by Crippen LogP contribution is -2.12. The van der Waals surface area contributed by atoms with Gasteiger partial charge in [-0.1, -0.05) is 13.8 Å². The number of nitrogens with two attached hydrogens (primary N) is 1. The van der Waals surface area contributed by atoms with Crippen LogP contribution in [0.3, 0.4) is 0 Å². The number of fused-ring (bicyclic) bond motifs is 1. The fraction of sp³-hybridized carbons (Fsp3) is 0.250. The van der Waals surface area contributed by atoms with Gasteiger partial charge in [0.05, 0.1) is 11.7 Å². The first-order valence-electron chi connectivity index (χ1n) is 5.23. The van der Waals surface area contributed by atoms with Crippen molar-refractivity contribution in [1.29, 1.82) is 5.41 Å². The number of nitrogens with one attached hydrogen (secondary N) is 1. The van der Waals surface area contributed by atoms with Crippen molar-refractivity contribution < 1.29 is 0 Å². The van der Waals surface area contributed by atoms with Gasteiger partial charge in [-0.3, -0.25) is 15.4 Å². The van der Waals surface area contributed by atoms with E-state index in [1.54, 1.807) is 18.5 Å². The SMILES string of the molecule is CC.Cc1cnc2cnc(C(=N)N)cc2c1. The molecule has 0 bridgehead atoms. The molecule has 3 N–H and O–H groups in total. The summed E-state index contributed by atoms with van der Waals surface area (Å²) in [6.07, 6.45) is 3.42. The van der Waals surface area contributed by atoms with Crippen molar-refractivity contribution in [3.63, 3.8) is 0 Å². The first-order valence-corrected chi connectivity index (χ1v) is 5.23. The minimum Gasteiger partial charge on any atom is -0.382 e. The molecule has 0 aliphatic heterocycles. The van der Waals surface area contributed by atoms with Gasteiger partial charge in [-0.2, -0.15) is 0 Å². The summed E-state index contributed by atoms with van der Waals surface area (Å²) in [6.45, 7) is 5.97. The van der Waals surface area contributed by atoms with Crippen LogP contribution in [0.2, 0.25) is 0 Å². The zero-order valence-corrected chi connectivity index (χ0v) is 9.78. The number of hydrogen-bond donors (Lipinski definition) is 2. The predicted molar refractivity (Wildman–Crippen MR) is 66.6 cm³/mol. The van der Waals surface area contributed by atoms with E-state index in [9.17, 15) is 0 Å². The van der Waals surface area contributed by atoms with Crippen LogP contribution in [-0.2, 0) is 0 Å². The Bertz CT molecular complexity index is 505. The Hall–Kier alpha value is -1.97. The van der Waals surface area contributed by atoms with Crippen LogP contribution in [0.4, 0.5) is 0 Å². The largest absolute Gasteiger partial charge is 0.382 e. The van der Waals surface area contributed by atoms with Crippen molar-refractivity contribution in [3.05, 3.63) is 35.8 Å². The minimum absolute atomic E-state index is 0.0200. The second-order valence-electron chi connectivity index (χ2n) is 3.19. The van der Waals surface area contributed by atoms with E-state index in [0.29, 0.717) is 5.69 Å². The molecule has 84 valence electrons. The van der Waals surface area contributed by atoms with Gasteiger partial charge in [-0.05, 0) is 24.6 Å². The molecule has 4 nitrogen and oxygen atoms in total. The van der Waals surface area contributed by atoms with Gasteiger partial charge in [0, 0.05) is 11.6 Å². The quantitative estimate of drug-likeness (QED) is 0.567. The molecule has 2 aromatic heterocycles. The molecule has 0 aliphatic rings. The maximum atomic E-state index is 7.26. The summed E-state index contributed by atoms with van der Waals surface area (Å²) in [5.41, 5.74) is 7.74. The number of rotatable bonds is 1. The smallest absolute Gasteiger partial charge is 0.141 e. The number of nitrogens with zero attached hydrogens (tertiary/aromatic N) is 2. The van der Waals surface area contributed by atoms with Crippen LogP contribution >= 0.6 is 0 Å². The van der Waals surface area contributed by atoms with Crippen LogP contribution in [-0.4, -0.2) is 15.8 Å². The summed E-state index contributed by atoms with van der Waals surface area (Å²) in [5.74, 6) is -0.0200. The topological polar surface area (TPSA) is 75.7 Å². The molecule has 0 aromatic carbocycles. The summed E-state index contributed by atoms with van der Waals surface area (Å²) < 4.78 is 0. The average molecular weight is 216 g/mol. The highest BCUT2D eigenvalue weighted by Crippen LogP contribution is 2.12. The van der Waals surface area contributed by atoms with Crippen molar-refractivity contribution in [2.75, 3.05) is 0 Å². The van der Waals surface area contributed by atoms with Crippen LogP contribution in [0.5, 0.6) is 0 Å². The number of hydrogen-bond acceptors (Lipinski definition) is 3. The molecule has 2 heterocycles. The molecule has 0 unspecified atom stereocenters. The molecular weight excluding hydrogens is 200 g/mol. The molecule has 0 aliphatic carbocycles. The molecule has 0 amide bonds. The molecule has 0 saturated heterocycles. The van der Waals surface area contributed by atoms with Crippen molar-refractivity contribution in [3.8, 4) is 0 Å². The van der Waals surface area contributed by atoms with Crippen LogP contribution < -0.4 is 5.73 Å². The third-order valence-corrected chi connectivity index (χ3v) is 1.98. The van der Waals surface area contributed by atoms with E-state index in [-0.39, 0.29) is 5.84 Å². The zero-order chi connectivity index (χ0) is 12.1. The minimum atomic E-state index is -0.0200. The fourth-order valence-electron chi connectivity index (χ4n) is 1.29. The van der Waals surface area contributed by atoms with Gasteiger partial charge < -0.3 is 5.73 Å². The third-order valence-electron chi connectivity index (χ3n) is 1.98. The number of aromatic nitrogens is 2. The first-order chi connectivity index (χ1) is 7.66. The molecular formula is C12H16N4. The molecule has 16 heavy (non-hydrogen) atoms. The third kappa shape index (κ3) is 2.53. The van der Waals surface area contributed by atoms with Gasteiger partial charge in [0.25, 0.3) is 0 Å². The van der Waals surface area contributed by atoms with Crippen LogP contribution in [0.25, 0.3) is 10.9 Å². The van der Waals surface area contributed by atoms with Crippen molar-refractivity contribution in [1.82, 2.24) is 9.97 Å². The number of amidine groups is 1. The fourth-order valence-corrected chi connectivity index (χ4v) is 1.29. The van der Waals surface area contributed by atoms with Gasteiger partial charge in [0.15, 0.2) is 0 Å². The molecule has 0 saturated carbocycles. The van der Waals surface area contributed by atoms with E-state index in [2.05, 4.69) is 9.97 Å². The van der Waals surface area contributed by atoms with E-state index in [1.807, 2.05) is 26.8 Å². The molecule has 0 spiro atoms. The highest BCUT2D eigenvalue weighted by atomic mass is 14.8. The standard InChI is InChI=1S/C10H10N4.C2H6/c1-6-2-7-3-8(10(11)12)14-5-9(7)13-4-6;1-2/h2-5H,1H3,(H3,11,12);1-2H3. The Labute approximate surface area is 95.0 Å². The van der Waals surface area contributed by atoms with Crippen molar-refractivity contribution in [2.45, 2.75) is 20.8 Å².